The molecule has 5 unspecified atom stereocenters. The highest BCUT2D eigenvalue weighted by molar-refractivity contribution is 5.88. The predicted octanol–water partition coefficient (Wildman–Crippen LogP) is 2.18. The Balaban J connectivity index is 1.25. The van der Waals surface area contributed by atoms with Gasteiger partial charge in [-0.1, -0.05) is 18.2 Å². The van der Waals surface area contributed by atoms with Gasteiger partial charge in [0, 0.05) is 18.2 Å². The van der Waals surface area contributed by atoms with E-state index >= 15 is 0 Å². The van der Waals surface area contributed by atoms with E-state index in [-0.39, 0.29) is 11.9 Å². The van der Waals surface area contributed by atoms with E-state index in [1.54, 1.807) is 0 Å². The third-order valence-electron chi connectivity index (χ3n) is 6.13. The first-order valence-corrected chi connectivity index (χ1v) is 7.96. The average Bonchev–Trinajstić information content (AvgIpc) is 2.91. The molecule has 1 aromatic carbocycles. The lowest BCUT2D eigenvalue weighted by Gasteiger charge is -2.15. The molecule has 1 amide bonds. The molecule has 0 spiro atoms. The molecule has 3 saturated carbocycles. The molecule has 3 aliphatic carbocycles. The molecule has 0 saturated heterocycles. The van der Waals surface area contributed by atoms with Crippen LogP contribution in [0.2, 0.25) is 0 Å². The smallest absolute Gasteiger partial charge is 0.243 e. The number of rotatable bonds is 2. The van der Waals surface area contributed by atoms with E-state index in [0.29, 0.717) is 6.04 Å². The minimum atomic E-state index is -0.0635. The van der Waals surface area contributed by atoms with Gasteiger partial charge in [0.25, 0.3) is 0 Å². The van der Waals surface area contributed by atoms with E-state index in [4.69, 9.17) is 0 Å². The molecule has 20 heavy (non-hydrogen) atoms. The summed E-state index contributed by atoms with van der Waals surface area (Å²) in [6.07, 6.45) is 5.09. The molecule has 1 aliphatic heterocycles. The second-order valence-electron chi connectivity index (χ2n) is 7.08. The second-order valence-corrected chi connectivity index (χ2v) is 7.08. The maximum atomic E-state index is 12.5. The number of carbonyl (C=O) groups is 1. The Morgan fingerprint density at radius 3 is 2.65 bits per heavy atom. The number of para-hydroxylation sites is 1. The Bertz CT molecular complexity index is 543. The summed E-state index contributed by atoms with van der Waals surface area (Å²) in [5.41, 5.74) is 2.40. The van der Waals surface area contributed by atoms with E-state index in [1.165, 1.54) is 24.8 Å². The predicted molar refractivity (Wildman–Crippen MR) is 77.3 cm³/mol. The Morgan fingerprint density at radius 2 is 1.90 bits per heavy atom. The van der Waals surface area contributed by atoms with Crippen molar-refractivity contribution in [3.63, 3.8) is 0 Å². The SMILES string of the molecule is O=C(NC1C2C3CCC(C3)C12)C1Cc2ccccc2N1. The van der Waals surface area contributed by atoms with Crippen molar-refractivity contribution in [2.75, 3.05) is 5.32 Å². The highest BCUT2D eigenvalue weighted by Gasteiger charge is 2.65. The van der Waals surface area contributed by atoms with Crippen molar-refractivity contribution in [3.05, 3.63) is 29.8 Å². The molecule has 2 N–H and O–H groups in total. The van der Waals surface area contributed by atoms with Crippen LogP contribution in [0, 0.1) is 23.7 Å². The van der Waals surface area contributed by atoms with Crippen LogP contribution in [0.25, 0.3) is 0 Å². The van der Waals surface area contributed by atoms with Crippen LogP contribution >= 0.6 is 0 Å². The molecule has 3 fully saturated rings. The lowest BCUT2D eigenvalue weighted by molar-refractivity contribution is -0.122. The monoisotopic (exact) mass is 268 g/mol. The summed E-state index contributed by atoms with van der Waals surface area (Å²) in [6, 6.07) is 8.68. The summed E-state index contributed by atoms with van der Waals surface area (Å²) in [6.45, 7) is 0. The normalized spacial score (nSPS) is 42.8. The second kappa shape index (κ2) is 3.78. The van der Waals surface area contributed by atoms with Crippen LogP contribution in [0.1, 0.15) is 24.8 Å². The number of hydrogen-bond acceptors (Lipinski definition) is 2. The van der Waals surface area contributed by atoms with Crippen molar-refractivity contribution in [2.24, 2.45) is 23.7 Å². The molecular weight excluding hydrogens is 248 g/mol. The molecule has 1 heterocycles. The number of amides is 1. The van der Waals surface area contributed by atoms with E-state index in [1.807, 2.05) is 12.1 Å². The van der Waals surface area contributed by atoms with Gasteiger partial charge >= 0.3 is 0 Å². The van der Waals surface area contributed by atoms with E-state index in [0.717, 1.165) is 35.8 Å². The fraction of sp³-hybridized carbons (Fsp3) is 0.588. The molecule has 0 aromatic heterocycles. The molecule has 4 aliphatic rings. The summed E-state index contributed by atoms with van der Waals surface area (Å²) < 4.78 is 0. The lowest BCUT2D eigenvalue weighted by atomic mass is 10.0. The standard InChI is InChI=1S/C17H20N2O/c20-17(13-8-9-3-1-2-4-12(9)18-13)19-16-14-10-5-6-11(7-10)15(14)16/h1-4,10-11,13-16,18H,5-8H2,(H,19,20). The third kappa shape index (κ3) is 1.44. The van der Waals surface area contributed by atoms with Gasteiger partial charge in [-0.3, -0.25) is 4.79 Å². The molecule has 3 heteroatoms. The highest BCUT2D eigenvalue weighted by Crippen LogP contribution is 2.65. The van der Waals surface area contributed by atoms with Crippen LogP contribution in [0.15, 0.2) is 24.3 Å². The molecule has 2 bridgehead atoms. The average molecular weight is 268 g/mol. The number of fused-ring (bicyclic) bond motifs is 6. The third-order valence-corrected chi connectivity index (χ3v) is 6.13. The molecule has 3 nitrogen and oxygen atoms in total. The van der Waals surface area contributed by atoms with Crippen molar-refractivity contribution in [1.82, 2.24) is 5.32 Å². The molecule has 5 atom stereocenters. The van der Waals surface area contributed by atoms with Crippen LogP contribution in [0.5, 0.6) is 0 Å². The van der Waals surface area contributed by atoms with Gasteiger partial charge in [-0.25, -0.2) is 0 Å². The van der Waals surface area contributed by atoms with Crippen molar-refractivity contribution < 1.29 is 4.79 Å². The number of nitrogens with one attached hydrogen (secondary N) is 2. The number of benzene rings is 1. The molecule has 0 radical (unpaired) electrons. The van der Waals surface area contributed by atoms with Crippen molar-refractivity contribution >= 4 is 11.6 Å². The Labute approximate surface area is 119 Å². The van der Waals surface area contributed by atoms with E-state index in [9.17, 15) is 4.79 Å². The summed E-state index contributed by atoms with van der Waals surface area (Å²) in [7, 11) is 0. The van der Waals surface area contributed by atoms with Crippen molar-refractivity contribution in [3.8, 4) is 0 Å². The van der Waals surface area contributed by atoms with Crippen LogP contribution in [0.4, 0.5) is 5.69 Å². The quantitative estimate of drug-likeness (QED) is 0.863. The number of carbonyl (C=O) groups excluding carboxylic acids is 1. The maximum Gasteiger partial charge on any atom is 0.243 e. The van der Waals surface area contributed by atoms with Crippen LogP contribution < -0.4 is 10.6 Å². The summed E-state index contributed by atoms with van der Waals surface area (Å²) in [4.78, 5) is 12.5. The minimum Gasteiger partial charge on any atom is -0.373 e. The zero-order valence-electron chi connectivity index (χ0n) is 11.5. The minimum absolute atomic E-state index is 0.0635. The van der Waals surface area contributed by atoms with Gasteiger partial charge in [0.05, 0.1) is 0 Å². The number of hydrogen-bond donors (Lipinski definition) is 2. The van der Waals surface area contributed by atoms with E-state index < -0.39 is 0 Å². The largest absolute Gasteiger partial charge is 0.373 e. The van der Waals surface area contributed by atoms with E-state index in [2.05, 4.69) is 22.8 Å². The molecule has 1 aromatic rings. The zero-order valence-corrected chi connectivity index (χ0v) is 11.5. The van der Waals surface area contributed by atoms with Crippen LogP contribution in [0.3, 0.4) is 0 Å². The number of anilines is 1. The van der Waals surface area contributed by atoms with Crippen molar-refractivity contribution in [2.45, 2.75) is 37.8 Å². The Hall–Kier alpha value is -1.51. The fourth-order valence-corrected chi connectivity index (χ4v) is 5.24. The van der Waals surface area contributed by atoms with Crippen LogP contribution in [-0.4, -0.2) is 18.0 Å². The van der Waals surface area contributed by atoms with Gasteiger partial charge in [0.15, 0.2) is 0 Å². The van der Waals surface area contributed by atoms with Gasteiger partial charge in [-0.15, -0.1) is 0 Å². The summed E-state index contributed by atoms with van der Waals surface area (Å²) in [5, 5.41) is 6.69. The Kier molecular flexibility index (Phi) is 2.11. The molecule has 5 rings (SSSR count). The first-order chi connectivity index (χ1) is 9.81. The summed E-state index contributed by atoms with van der Waals surface area (Å²) >= 11 is 0. The fourth-order valence-electron chi connectivity index (χ4n) is 5.24. The van der Waals surface area contributed by atoms with Gasteiger partial charge < -0.3 is 10.6 Å². The van der Waals surface area contributed by atoms with Gasteiger partial charge in [-0.05, 0) is 54.6 Å². The van der Waals surface area contributed by atoms with Gasteiger partial charge in [-0.2, -0.15) is 0 Å². The maximum absolute atomic E-state index is 12.5. The first-order valence-electron chi connectivity index (χ1n) is 7.96. The molecular formula is C17H20N2O. The Morgan fingerprint density at radius 1 is 1.15 bits per heavy atom. The first kappa shape index (κ1) is 11.2. The van der Waals surface area contributed by atoms with Crippen molar-refractivity contribution in [1.29, 1.82) is 0 Å². The van der Waals surface area contributed by atoms with Gasteiger partial charge in [0.2, 0.25) is 5.91 Å². The highest BCUT2D eigenvalue weighted by atomic mass is 16.2. The zero-order chi connectivity index (χ0) is 13.3. The topological polar surface area (TPSA) is 41.1 Å². The lowest BCUT2D eigenvalue weighted by Crippen LogP contribution is -2.41. The molecule has 104 valence electrons. The van der Waals surface area contributed by atoms with Crippen LogP contribution in [-0.2, 0) is 11.2 Å². The van der Waals surface area contributed by atoms with Gasteiger partial charge in [0.1, 0.15) is 6.04 Å². The summed E-state index contributed by atoms with van der Waals surface area (Å²) in [5.74, 6) is 3.69.